The molecule has 1 aromatic heterocycles. The average molecular weight is 469 g/mol. The van der Waals surface area contributed by atoms with E-state index in [1.165, 1.54) is 23.5 Å². The first-order valence-corrected chi connectivity index (χ1v) is 10.0. The Morgan fingerprint density at radius 3 is 2.63 bits per heavy atom. The van der Waals surface area contributed by atoms with Crippen LogP contribution in [0.5, 0.6) is 5.75 Å². The molecule has 10 heteroatoms. The SMILES string of the molecule is O=C(N[C@@H](Cc1ccc(O)cc1)C(=O)N1CC[C@H]2OCC(=O)[C@H]21)c1ccsc1.S.S. The van der Waals surface area contributed by atoms with Gasteiger partial charge in [-0.15, -0.1) is 0 Å². The number of phenolic OH excluding ortho intramolecular Hbond substituents is 1. The molecule has 2 saturated heterocycles. The number of thiophene rings is 1. The lowest BCUT2D eigenvalue weighted by atomic mass is 10.0. The smallest absolute Gasteiger partial charge is 0.252 e. The molecule has 0 spiro atoms. The molecule has 162 valence electrons. The summed E-state index contributed by atoms with van der Waals surface area (Å²) < 4.78 is 5.46. The minimum atomic E-state index is -0.816. The Labute approximate surface area is 192 Å². The lowest BCUT2D eigenvalue weighted by molar-refractivity contribution is -0.138. The van der Waals surface area contributed by atoms with Crippen LogP contribution in [0, 0.1) is 0 Å². The van der Waals surface area contributed by atoms with E-state index < -0.39 is 12.1 Å². The fourth-order valence-corrected chi connectivity index (χ4v) is 4.38. The van der Waals surface area contributed by atoms with E-state index in [2.05, 4.69) is 5.32 Å². The number of ketones is 1. The van der Waals surface area contributed by atoms with E-state index >= 15 is 0 Å². The van der Waals surface area contributed by atoms with Crippen LogP contribution < -0.4 is 5.32 Å². The highest BCUT2D eigenvalue weighted by molar-refractivity contribution is 7.59. The number of hydrogen-bond acceptors (Lipinski definition) is 6. The number of carbonyl (C=O) groups is 3. The summed E-state index contributed by atoms with van der Waals surface area (Å²) in [7, 11) is 0. The van der Waals surface area contributed by atoms with Crippen LogP contribution in [0.25, 0.3) is 0 Å². The standard InChI is InChI=1S/C20H20N2O5S.2H2S/c23-14-3-1-12(2-4-14)9-15(21-19(25)13-6-8-28-11-13)20(26)22-7-5-17-18(22)16(24)10-27-17;;/h1-4,6,8,11,15,17-18,23H,5,7,9-10H2,(H,21,25);2*1H2/t15-,17+,18+;;/m0../s1. The van der Waals surface area contributed by atoms with Crippen molar-refractivity contribution in [3.63, 3.8) is 0 Å². The van der Waals surface area contributed by atoms with Gasteiger partial charge in [0.1, 0.15) is 24.4 Å². The summed E-state index contributed by atoms with van der Waals surface area (Å²) in [5.74, 6) is -0.584. The molecule has 2 aliphatic rings. The van der Waals surface area contributed by atoms with Gasteiger partial charge in [-0.1, -0.05) is 12.1 Å². The van der Waals surface area contributed by atoms with E-state index in [4.69, 9.17) is 4.74 Å². The molecule has 2 N–H and O–H groups in total. The summed E-state index contributed by atoms with van der Waals surface area (Å²) in [5.41, 5.74) is 1.29. The molecule has 3 atom stereocenters. The highest BCUT2D eigenvalue weighted by Crippen LogP contribution is 2.28. The van der Waals surface area contributed by atoms with Crippen molar-refractivity contribution in [2.45, 2.75) is 31.0 Å². The van der Waals surface area contributed by atoms with Gasteiger partial charge in [0, 0.05) is 18.3 Å². The van der Waals surface area contributed by atoms with Crippen LogP contribution in [0.3, 0.4) is 0 Å². The summed E-state index contributed by atoms with van der Waals surface area (Å²) in [4.78, 5) is 39.5. The van der Waals surface area contributed by atoms with Gasteiger partial charge in [0.15, 0.2) is 5.78 Å². The molecule has 0 unspecified atom stereocenters. The Bertz CT molecular complexity index is 888. The van der Waals surface area contributed by atoms with E-state index in [0.717, 1.165) is 5.56 Å². The predicted molar refractivity (Wildman–Crippen MR) is 123 cm³/mol. The normalized spacial score (nSPS) is 20.7. The fraction of sp³-hybridized carbons (Fsp3) is 0.350. The number of nitrogens with one attached hydrogen (secondary N) is 1. The molecule has 2 aliphatic heterocycles. The number of fused-ring (bicyclic) bond motifs is 1. The monoisotopic (exact) mass is 468 g/mol. The maximum atomic E-state index is 13.3. The Kier molecular flexibility index (Phi) is 8.36. The second-order valence-electron chi connectivity index (χ2n) is 6.99. The summed E-state index contributed by atoms with van der Waals surface area (Å²) >= 11 is 1.40. The molecular weight excluding hydrogens is 444 g/mol. The number of phenols is 1. The second-order valence-corrected chi connectivity index (χ2v) is 7.77. The number of nitrogens with zero attached hydrogens (tertiary/aromatic N) is 1. The molecule has 7 nitrogen and oxygen atoms in total. The number of rotatable bonds is 5. The van der Waals surface area contributed by atoms with Gasteiger partial charge >= 0.3 is 0 Å². The largest absolute Gasteiger partial charge is 0.508 e. The zero-order chi connectivity index (χ0) is 19.7. The Balaban J connectivity index is 0.00000160. The first kappa shape index (κ1) is 24.3. The lowest BCUT2D eigenvalue weighted by Gasteiger charge is -2.27. The average Bonchev–Trinajstić information content (AvgIpc) is 3.42. The predicted octanol–water partition coefficient (Wildman–Crippen LogP) is 1.59. The molecule has 3 heterocycles. The van der Waals surface area contributed by atoms with Crippen molar-refractivity contribution in [3.8, 4) is 5.75 Å². The summed E-state index contributed by atoms with van der Waals surface area (Å²) in [5, 5.41) is 15.8. The maximum Gasteiger partial charge on any atom is 0.252 e. The summed E-state index contributed by atoms with van der Waals surface area (Å²) in [6.45, 7) is 0.462. The summed E-state index contributed by atoms with van der Waals surface area (Å²) in [6, 6.07) is 6.82. The Hall–Kier alpha value is -2.01. The van der Waals surface area contributed by atoms with Gasteiger partial charge < -0.3 is 20.1 Å². The van der Waals surface area contributed by atoms with Gasteiger partial charge in [0.2, 0.25) is 5.91 Å². The Morgan fingerprint density at radius 2 is 1.97 bits per heavy atom. The number of aromatic hydroxyl groups is 1. The lowest BCUT2D eigenvalue weighted by Crippen LogP contribution is -2.53. The third kappa shape index (κ3) is 5.00. The second kappa shape index (κ2) is 10.3. The van der Waals surface area contributed by atoms with Crippen molar-refractivity contribution >= 4 is 55.9 Å². The number of carbonyl (C=O) groups excluding carboxylic acids is 3. The summed E-state index contributed by atoms with van der Waals surface area (Å²) in [6.07, 6.45) is 0.628. The van der Waals surface area contributed by atoms with E-state index in [1.54, 1.807) is 33.9 Å². The van der Waals surface area contributed by atoms with E-state index in [1.807, 2.05) is 0 Å². The van der Waals surface area contributed by atoms with Gasteiger partial charge in [0.05, 0.1) is 11.7 Å². The number of amides is 2. The molecule has 4 rings (SSSR count). The van der Waals surface area contributed by atoms with Crippen molar-refractivity contribution in [1.29, 1.82) is 0 Å². The number of ether oxygens (including phenoxy) is 1. The van der Waals surface area contributed by atoms with Crippen LogP contribution in [0.2, 0.25) is 0 Å². The van der Waals surface area contributed by atoms with Crippen LogP contribution >= 0.6 is 38.3 Å². The van der Waals surface area contributed by atoms with Crippen molar-refractivity contribution < 1.29 is 24.2 Å². The molecule has 2 fully saturated rings. The topological polar surface area (TPSA) is 95.9 Å². The molecule has 0 radical (unpaired) electrons. The highest BCUT2D eigenvalue weighted by atomic mass is 32.1. The first-order chi connectivity index (χ1) is 13.5. The van der Waals surface area contributed by atoms with Crippen LogP contribution in [0.4, 0.5) is 0 Å². The molecular formula is C20H24N2O5S3. The van der Waals surface area contributed by atoms with Gasteiger partial charge in [0.25, 0.3) is 5.91 Å². The maximum absolute atomic E-state index is 13.3. The van der Waals surface area contributed by atoms with Crippen molar-refractivity contribution in [3.05, 3.63) is 52.2 Å². The minimum Gasteiger partial charge on any atom is -0.508 e. The van der Waals surface area contributed by atoms with Gasteiger partial charge in [-0.25, -0.2) is 0 Å². The number of likely N-dealkylation sites (tertiary alicyclic amines) is 1. The number of benzene rings is 1. The van der Waals surface area contributed by atoms with E-state index in [-0.39, 0.29) is 69.5 Å². The molecule has 2 amide bonds. The third-order valence-corrected chi connectivity index (χ3v) is 5.84. The molecule has 0 saturated carbocycles. The van der Waals surface area contributed by atoms with Crippen LogP contribution in [-0.2, 0) is 20.7 Å². The number of hydrogen-bond donors (Lipinski definition) is 2. The fourth-order valence-electron chi connectivity index (χ4n) is 3.74. The van der Waals surface area contributed by atoms with Crippen molar-refractivity contribution in [2.75, 3.05) is 13.2 Å². The number of Topliss-reactive ketones (excluding diaryl/α,β-unsaturated/α-hetero) is 1. The van der Waals surface area contributed by atoms with Gasteiger partial charge in [-0.2, -0.15) is 38.3 Å². The highest BCUT2D eigenvalue weighted by Gasteiger charge is 2.48. The third-order valence-electron chi connectivity index (χ3n) is 5.16. The molecule has 30 heavy (non-hydrogen) atoms. The van der Waals surface area contributed by atoms with E-state index in [0.29, 0.717) is 18.5 Å². The molecule has 0 aliphatic carbocycles. The minimum absolute atomic E-state index is 0. The molecule has 0 bridgehead atoms. The van der Waals surface area contributed by atoms with Crippen molar-refractivity contribution in [1.82, 2.24) is 10.2 Å². The van der Waals surface area contributed by atoms with Gasteiger partial charge in [-0.3, -0.25) is 14.4 Å². The zero-order valence-corrected chi connectivity index (χ0v) is 18.9. The molecule has 1 aromatic carbocycles. The first-order valence-electron chi connectivity index (χ1n) is 9.08. The van der Waals surface area contributed by atoms with Gasteiger partial charge in [-0.05, 0) is 35.6 Å². The van der Waals surface area contributed by atoms with Crippen LogP contribution in [-0.4, -0.2) is 58.9 Å². The van der Waals surface area contributed by atoms with E-state index in [9.17, 15) is 19.5 Å². The zero-order valence-electron chi connectivity index (χ0n) is 16.0. The Morgan fingerprint density at radius 1 is 1.23 bits per heavy atom. The van der Waals surface area contributed by atoms with Crippen molar-refractivity contribution in [2.24, 2.45) is 0 Å². The quantitative estimate of drug-likeness (QED) is 0.695. The van der Waals surface area contributed by atoms with Crippen LogP contribution in [0.1, 0.15) is 22.3 Å². The van der Waals surface area contributed by atoms with Crippen LogP contribution in [0.15, 0.2) is 41.1 Å². The molecule has 2 aromatic rings.